The Labute approximate surface area is 132 Å². The van der Waals surface area contributed by atoms with Gasteiger partial charge >= 0.3 is 0 Å². The van der Waals surface area contributed by atoms with E-state index in [4.69, 9.17) is 32.7 Å². The molecule has 0 fully saturated rings. The summed E-state index contributed by atoms with van der Waals surface area (Å²) < 4.78 is 10.0. The van der Waals surface area contributed by atoms with Crippen LogP contribution in [0.3, 0.4) is 0 Å². The Bertz CT molecular complexity index is 497. The van der Waals surface area contributed by atoms with Crippen LogP contribution in [0.2, 0.25) is 10.0 Å². The van der Waals surface area contributed by atoms with Crippen molar-refractivity contribution in [3.05, 3.63) is 28.2 Å². The smallest absolute Gasteiger partial charge is 0.258 e. The number of carbonyl (C=O) groups is 2. The van der Waals surface area contributed by atoms with Gasteiger partial charge in [0.15, 0.2) is 6.61 Å². The zero-order chi connectivity index (χ0) is 15.7. The number of hydrogen-bond donors (Lipinski definition) is 2. The van der Waals surface area contributed by atoms with E-state index >= 15 is 0 Å². The maximum absolute atomic E-state index is 11.5. The normalized spacial score (nSPS) is 10.0. The van der Waals surface area contributed by atoms with Gasteiger partial charge in [-0.2, -0.15) is 0 Å². The molecule has 0 aliphatic heterocycles. The molecular weight excluding hydrogens is 319 g/mol. The van der Waals surface area contributed by atoms with E-state index in [2.05, 4.69) is 10.6 Å². The molecule has 1 aromatic carbocycles. The lowest BCUT2D eigenvalue weighted by Gasteiger charge is -2.09. The van der Waals surface area contributed by atoms with Crippen LogP contribution in [0.25, 0.3) is 0 Å². The standard InChI is InChI=1S/C13H16Cl2N2O4/c1-20-5-4-16-12(18)7-17-13(19)8-21-11-3-2-9(14)6-10(11)15/h2-3,6H,4-5,7-8H2,1H3,(H,16,18)(H,17,19). The molecule has 1 rings (SSSR count). The van der Waals surface area contributed by atoms with Crippen molar-refractivity contribution in [2.75, 3.05) is 33.4 Å². The molecule has 2 amide bonds. The summed E-state index contributed by atoms with van der Waals surface area (Å²) in [6.07, 6.45) is 0. The van der Waals surface area contributed by atoms with Gasteiger partial charge in [0.2, 0.25) is 5.91 Å². The molecule has 8 heteroatoms. The molecule has 0 aromatic heterocycles. The molecule has 0 radical (unpaired) electrons. The summed E-state index contributed by atoms with van der Waals surface area (Å²) >= 11 is 11.6. The van der Waals surface area contributed by atoms with Gasteiger partial charge in [-0.05, 0) is 18.2 Å². The third-order valence-corrected chi connectivity index (χ3v) is 2.86. The number of halogens is 2. The summed E-state index contributed by atoms with van der Waals surface area (Å²) in [6, 6.07) is 4.68. The average Bonchev–Trinajstić information content (AvgIpc) is 2.44. The molecule has 0 atom stereocenters. The fraction of sp³-hybridized carbons (Fsp3) is 0.385. The van der Waals surface area contributed by atoms with Crippen molar-refractivity contribution in [2.24, 2.45) is 0 Å². The van der Waals surface area contributed by atoms with Crippen molar-refractivity contribution < 1.29 is 19.1 Å². The monoisotopic (exact) mass is 334 g/mol. The number of rotatable bonds is 8. The summed E-state index contributed by atoms with van der Waals surface area (Å²) in [5.74, 6) is -0.381. The molecule has 1 aromatic rings. The maximum Gasteiger partial charge on any atom is 0.258 e. The van der Waals surface area contributed by atoms with Crippen molar-refractivity contribution in [2.45, 2.75) is 0 Å². The highest BCUT2D eigenvalue weighted by atomic mass is 35.5. The third kappa shape index (κ3) is 7.17. The fourth-order valence-corrected chi connectivity index (χ4v) is 1.78. The number of benzene rings is 1. The second-order valence-electron chi connectivity index (χ2n) is 3.98. The molecule has 0 spiro atoms. The highest BCUT2D eigenvalue weighted by Gasteiger charge is 2.08. The van der Waals surface area contributed by atoms with Gasteiger partial charge in [-0.25, -0.2) is 0 Å². The summed E-state index contributed by atoms with van der Waals surface area (Å²) in [4.78, 5) is 22.8. The van der Waals surface area contributed by atoms with Crippen molar-refractivity contribution in [3.8, 4) is 5.75 Å². The van der Waals surface area contributed by atoms with Gasteiger partial charge in [0.1, 0.15) is 5.75 Å². The van der Waals surface area contributed by atoms with Crippen molar-refractivity contribution >= 4 is 35.0 Å². The van der Waals surface area contributed by atoms with Crippen LogP contribution in [0.1, 0.15) is 0 Å². The Kier molecular flexibility index (Phi) is 7.89. The Morgan fingerprint density at radius 2 is 1.95 bits per heavy atom. The van der Waals surface area contributed by atoms with Crippen LogP contribution in [0.15, 0.2) is 18.2 Å². The third-order valence-electron chi connectivity index (χ3n) is 2.33. The molecule has 0 heterocycles. The van der Waals surface area contributed by atoms with Gasteiger partial charge in [-0.3, -0.25) is 9.59 Å². The largest absolute Gasteiger partial charge is 0.482 e. The predicted molar refractivity (Wildman–Crippen MR) is 79.9 cm³/mol. The topological polar surface area (TPSA) is 76.7 Å². The Morgan fingerprint density at radius 3 is 2.62 bits per heavy atom. The van der Waals surface area contributed by atoms with E-state index in [1.807, 2.05) is 0 Å². The second-order valence-corrected chi connectivity index (χ2v) is 4.83. The van der Waals surface area contributed by atoms with Crippen LogP contribution >= 0.6 is 23.2 Å². The molecule has 21 heavy (non-hydrogen) atoms. The molecule has 0 saturated carbocycles. The zero-order valence-corrected chi connectivity index (χ0v) is 13.0. The maximum atomic E-state index is 11.5. The second kappa shape index (κ2) is 9.44. The lowest BCUT2D eigenvalue weighted by Crippen LogP contribution is -2.39. The Morgan fingerprint density at radius 1 is 1.19 bits per heavy atom. The first kappa shape index (κ1) is 17.6. The van der Waals surface area contributed by atoms with Crippen molar-refractivity contribution in [1.29, 1.82) is 0 Å². The van der Waals surface area contributed by atoms with E-state index in [9.17, 15) is 9.59 Å². The Balaban J connectivity index is 2.26. The molecule has 6 nitrogen and oxygen atoms in total. The highest BCUT2D eigenvalue weighted by molar-refractivity contribution is 6.35. The van der Waals surface area contributed by atoms with Crippen LogP contribution in [0, 0.1) is 0 Å². The van der Waals surface area contributed by atoms with Crippen molar-refractivity contribution in [3.63, 3.8) is 0 Å². The van der Waals surface area contributed by atoms with Gasteiger partial charge in [0.25, 0.3) is 5.91 Å². The van der Waals surface area contributed by atoms with E-state index < -0.39 is 5.91 Å². The summed E-state index contributed by atoms with van der Waals surface area (Å²) in [6.45, 7) is 0.437. The first-order valence-electron chi connectivity index (χ1n) is 6.13. The van der Waals surface area contributed by atoms with Crippen LogP contribution < -0.4 is 15.4 Å². The highest BCUT2D eigenvalue weighted by Crippen LogP contribution is 2.27. The molecule has 0 aliphatic rings. The molecule has 0 bridgehead atoms. The number of nitrogens with one attached hydrogen (secondary N) is 2. The number of methoxy groups -OCH3 is 1. The first-order chi connectivity index (χ1) is 10.0. The van der Waals surface area contributed by atoms with E-state index in [1.54, 1.807) is 12.1 Å². The Hall–Kier alpha value is -1.50. The van der Waals surface area contributed by atoms with E-state index in [0.29, 0.717) is 28.9 Å². The van der Waals surface area contributed by atoms with Gasteiger partial charge in [0.05, 0.1) is 18.2 Å². The minimum atomic E-state index is -0.428. The van der Waals surface area contributed by atoms with Gasteiger partial charge in [-0.1, -0.05) is 23.2 Å². The number of carbonyl (C=O) groups excluding carboxylic acids is 2. The van der Waals surface area contributed by atoms with Crippen molar-refractivity contribution in [1.82, 2.24) is 10.6 Å². The molecule has 0 unspecified atom stereocenters. The number of hydrogen-bond acceptors (Lipinski definition) is 4. The number of ether oxygens (including phenoxy) is 2. The quantitative estimate of drug-likeness (QED) is 0.701. The first-order valence-corrected chi connectivity index (χ1v) is 6.88. The van der Waals surface area contributed by atoms with Gasteiger partial charge in [0, 0.05) is 18.7 Å². The minimum Gasteiger partial charge on any atom is -0.482 e. The van der Waals surface area contributed by atoms with E-state index in [0.717, 1.165) is 0 Å². The van der Waals surface area contributed by atoms with E-state index in [1.165, 1.54) is 13.2 Å². The molecule has 116 valence electrons. The van der Waals surface area contributed by atoms with Gasteiger partial charge < -0.3 is 20.1 Å². The lowest BCUT2D eigenvalue weighted by atomic mass is 10.3. The minimum absolute atomic E-state index is 0.125. The SMILES string of the molecule is COCCNC(=O)CNC(=O)COc1ccc(Cl)cc1Cl. The van der Waals surface area contributed by atoms with Crippen LogP contribution in [0.5, 0.6) is 5.75 Å². The fourth-order valence-electron chi connectivity index (χ4n) is 1.32. The predicted octanol–water partition coefficient (Wildman–Crippen LogP) is 1.25. The van der Waals surface area contributed by atoms with Gasteiger partial charge in [-0.15, -0.1) is 0 Å². The summed E-state index contributed by atoms with van der Waals surface area (Å²) in [5, 5.41) is 5.79. The summed E-state index contributed by atoms with van der Waals surface area (Å²) in [7, 11) is 1.53. The van der Waals surface area contributed by atoms with Crippen LogP contribution in [-0.4, -0.2) is 45.2 Å². The lowest BCUT2D eigenvalue weighted by molar-refractivity contribution is -0.127. The molecule has 0 aliphatic carbocycles. The average molecular weight is 335 g/mol. The summed E-state index contributed by atoms with van der Waals surface area (Å²) in [5.41, 5.74) is 0. The zero-order valence-electron chi connectivity index (χ0n) is 11.4. The molecule has 2 N–H and O–H groups in total. The number of amides is 2. The molecule has 0 saturated heterocycles. The molecular formula is C13H16Cl2N2O4. The van der Waals surface area contributed by atoms with Crippen LogP contribution in [0.4, 0.5) is 0 Å². The van der Waals surface area contributed by atoms with E-state index in [-0.39, 0.29) is 19.1 Å². The van der Waals surface area contributed by atoms with Crippen LogP contribution in [-0.2, 0) is 14.3 Å².